The summed E-state index contributed by atoms with van der Waals surface area (Å²) in [6.07, 6.45) is 0. The Morgan fingerprint density at radius 2 is 1.12 bits per heavy atom. The number of anilines is 3. The number of rotatable bonds is 4. The summed E-state index contributed by atoms with van der Waals surface area (Å²) >= 11 is 1.83. The van der Waals surface area contributed by atoms with E-state index in [9.17, 15) is 0 Å². The number of fused-ring (bicyclic) bond motifs is 12. The third-order valence-corrected chi connectivity index (χ3v) is 11.2. The molecule has 234 valence electrons. The molecule has 11 rings (SSSR count). The number of thiophene rings is 1. The Hall–Kier alpha value is -6.36. The number of hydrogen-bond acceptors (Lipinski definition) is 4. The summed E-state index contributed by atoms with van der Waals surface area (Å²) in [5, 5.41) is 9.31. The Bertz CT molecular complexity index is 3090. The van der Waals surface area contributed by atoms with Crippen LogP contribution in [0.15, 0.2) is 173 Å². The molecule has 0 aliphatic heterocycles. The van der Waals surface area contributed by atoms with E-state index in [4.69, 9.17) is 8.83 Å². The first-order valence-electron chi connectivity index (χ1n) is 16.8. The second-order valence-electron chi connectivity index (χ2n) is 12.9. The molecule has 0 bridgehead atoms. The molecule has 0 N–H and O–H groups in total. The Morgan fingerprint density at radius 3 is 2.02 bits per heavy atom. The molecule has 0 saturated heterocycles. The minimum absolute atomic E-state index is 0.867. The van der Waals surface area contributed by atoms with Gasteiger partial charge in [-0.3, -0.25) is 0 Å². The highest BCUT2D eigenvalue weighted by atomic mass is 32.1. The monoisotopic (exact) mass is 657 g/mol. The Morgan fingerprint density at radius 1 is 0.400 bits per heavy atom. The average molecular weight is 658 g/mol. The molecular formula is C46H27NO2S. The highest BCUT2D eigenvalue weighted by Gasteiger charge is 2.22. The molecule has 8 aromatic carbocycles. The number of nitrogens with zero attached hydrogens (tertiary/aromatic N) is 1. The van der Waals surface area contributed by atoms with Crippen molar-refractivity contribution >= 4 is 103 Å². The van der Waals surface area contributed by atoms with Crippen LogP contribution in [0, 0.1) is 0 Å². The van der Waals surface area contributed by atoms with Crippen molar-refractivity contribution in [3.63, 3.8) is 0 Å². The molecule has 0 aliphatic rings. The smallest absolute Gasteiger partial charge is 0.159 e. The van der Waals surface area contributed by atoms with Gasteiger partial charge in [0.2, 0.25) is 0 Å². The van der Waals surface area contributed by atoms with Gasteiger partial charge in [0.15, 0.2) is 5.58 Å². The maximum Gasteiger partial charge on any atom is 0.159 e. The average Bonchev–Trinajstić information content (AvgIpc) is 3.87. The molecule has 0 spiro atoms. The first-order valence-corrected chi connectivity index (χ1v) is 17.7. The normalized spacial score (nSPS) is 12.0. The number of furan rings is 2. The lowest BCUT2D eigenvalue weighted by Crippen LogP contribution is -2.10. The van der Waals surface area contributed by atoms with E-state index in [1.165, 1.54) is 42.1 Å². The largest absolute Gasteiger partial charge is 0.455 e. The maximum absolute atomic E-state index is 6.62. The van der Waals surface area contributed by atoms with Crippen molar-refractivity contribution in [3.05, 3.63) is 164 Å². The molecular weight excluding hydrogens is 631 g/mol. The van der Waals surface area contributed by atoms with Crippen LogP contribution in [0.25, 0.3) is 85.9 Å². The maximum atomic E-state index is 6.62. The summed E-state index contributed by atoms with van der Waals surface area (Å²) in [5.41, 5.74) is 9.09. The van der Waals surface area contributed by atoms with Crippen LogP contribution in [0.2, 0.25) is 0 Å². The van der Waals surface area contributed by atoms with Gasteiger partial charge in [-0.1, -0.05) is 103 Å². The first kappa shape index (κ1) is 27.6. The molecule has 0 atom stereocenters. The summed E-state index contributed by atoms with van der Waals surface area (Å²) in [7, 11) is 0. The van der Waals surface area contributed by atoms with Crippen LogP contribution in [-0.2, 0) is 0 Å². The highest BCUT2D eigenvalue weighted by molar-refractivity contribution is 7.26. The van der Waals surface area contributed by atoms with Crippen molar-refractivity contribution in [3.8, 4) is 11.1 Å². The van der Waals surface area contributed by atoms with Gasteiger partial charge in [0.1, 0.15) is 16.7 Å². The van der Waals surface area contributed by atoms with Crippen molar-refractivity contribution in [2.24, 2.45) is 0 Å². The summed E-state index contributed by atoms with van der Waals surface area (Å²) in [6, 6.07) is 58.2. The van der Waals surface area contributed by atoms with Gasteiger partial charge in [-0.2, -0.15) is 0 Å². The summed E-state index contributed by atoms with van der Waals surface area (Å²) in [4.78, 5) is 2.34. The second-order valence-corrected chi connectivity index (χ2v) is 13.9. The van der Waals surface area contributed by atoms with Crippen LogP contribution in [0.3, 0.4) is 0 Å². The van der Waals surface area contributed by atoms with Gasteiger partial charge >= 0.3 is 0 Å². The second kappa shape index (κ2) is 10.6. The fraction of sp³-hybridized carbons (Fsp3) is 0. The fourth-order valence-corrected chi connectivity index (χ4v) is 8.85. The molecule has 0 unspecified atom stereocenters. The summed E-state index contributed by atoms with van der Waals surface area (Å²) < 4.78 is 15.7. The minimum atomic E-state index is 0.867. The molecule has 0 amide bonds. The van der Waals surface area contributed by atoms with Crippen molar-refractivity contribution < 1.29 is 8.83 Å². The van der Waals surface area contributed by atoms with E-state index >= 15 is 0 Å². The van der Waals surface area contributed by atoms with Crippen molar-refractivity contribution in [1.29, 1.82) is 0 Å². The number of benzene rings is 8. The van der Waals surface area contributed by atoms with Gasteiger partial charge in [0.25, 0.3) is 0 Å². The Labute approximate surface area is 290 Å². The van der Waals surface area contributed by atoms with E-state index < -0.39 is 0 Å². The quantitative estimate of drug-likeness (QED) is 0.189. The van der Waals surface area contributed by atoms with Crippen LogP contribution >= 0.6 is 11.3 Å². The van der Waals surface area contributed by atoms with Crippen LogP contribution in [0.1, 0.15) is 0 Å². The summed E-state index contributed by atoms with van der Waals surface area (Å²) in [5.74, 6) is 0. The first-order chi connectivity index (χ1) is 24.8. The van der Waals surface area contributed by atoms with E-state index in [0.29, 0.717) is 0 Å². The number of para-hydroxylation sites is 2. The van der Waals surface area contributed by atoms with E-state index in [-0.39, 0.29) is 0 Å². The Kier molecular flexibility index (Phi) is 5.83. The molecule has 3 heterocycles. The lowest BCUT2D eigenvalue weighted by molar-refractivity contribution is 0.669. The minimum Gasteiger partial charge on any atom is -0.455 e. The standard InChI is InChI=1S/C46H27NO2S/c1-2-9-28(10-3-1)29-17-20-31(21-18-29)47(38-15-8-14-35-34-13-6-7-16-39(34)48-46(35)38)32-22-25-41-37(27-32)44-42(50-41)26-24-40-43(44)36-23-19-30-11-4-5-12-33(30)45(36)49-40/h1-27H. The van der Waals surface area contributed by atoms with Crippen molar-refractivity contribution in [2.45, 2.75) is 0 Å². The Balaban J connectivity index is 1.18. The summed E-state index contributed by atoms with van der Waals surface area (Å²) in [6.45, 7) is 0. The molecule has 0 radical (unpaired) electrons. The molecule has 4 heteroatoms. The van der Waals surface area contributed by atoms with Gasteiger partial charge in [0, 0.05) is 58.5 Å². The van der Waals surface area contributed by atoms with E-state index in [2.05, 4.69) is 157 Å². The van der Waals surface area contributed by atoms with Crippen LogP contribution in [0.5, 0.6) is 0 Å². The van der Waals surface area contributed by atoms with Gasteiger partial charge < -0.3 is 13.7 Å². The zero-order valence-electron chi connectivity index (χ0n) is 26.8. The van der Waals surface area contributed by atoms with Crippen LogP contribution in [-0.4, -0.2) is 0 Å². The van der Waals surface area contributed by atoms with E-state index in [1.807, 2.05) is 23.5 Å². The predicted octanol–water partition coefficient (Wildman–Crippen LogP) is 14.1. The molecule has 0 fully saturated rings. The molecule has 0 saturated carbocycles. The lowest BCUT2D eigenvalue weighted by atomic mass is 10.0. The van der Waals surface area contributed by atoms with Gasteiger partial charge in [-0.05, 0) is 77.2 Å². The van der Waals surface area contributed by atoms with Gasteiger partial charge in [-0.15, -0.1) is 11.3 Å². The third kappa shape index (κ3) is 4.03. The lowest BCUT2D eigenvalue weighted by Gasteiger charge is -2.26. The highest BCUT2D eigenvalue weighted by Crippen LogP contribution is 2.47. The van der Waals surface area contributed by atoms with Crippen molar-refractivity contribution in [2.75, 3.05) is 4.90 Å². The molecule has 3 nitrogen and oxygen atoms in total. The SMILES string of the molecule is c1ccc(-c2ccc(N(c3ccc4sc5ccc6oc7c8ccccc8ccc7c6c5c4c3)c3cccc4c3oc3ccccc34)cc2)cc1. The fourth-order valence-electron chi connectivity index (χ4n) is 7.76. The zero-order valence-corrected chi connectivity index (χ0v) is 27.6. The molecule has 50 heavy (non-hydrogen) atoms. The van der Waals surface area contributed by atoms with Crippen LogP contribution < -0.4 is 4.90 Å². The third-order valence-electron chi connectivity index (χ3n) is 10.1. The van der Waals surface area contributed by atoms with E-state index in [0.717, 1.165) is 60.9 Å². The van der Waals surface area contributed by atoms with Gasteiger partial charge in [0.05, 0.1) is 5.69 Å². The van der Waals surface area contributed by atoms with Crippen molar-refractivity contribution in [1.82, 2.24) is 0 Å². The zero-order chi connectivity index (χ0) is 32.8. The van der Waals surface area contributed by atoms with E-state index in [1.54, 1.807) is 0 Å². The predicted molar refractivity (Wildman–Crippen MR) is 212 cm³/mol. The molecule has 3 aromatic heterocycles. The van der Waals surface area contributed by atoms with Gasteiger partial charge in [-0.25, -0.2) is 0 Å². The topological polar surface area (TPSA) is 29.5 Å². The molecule has 0 aliphatic carbocycles. The van der Waals surface area contributed by atoms with Crippen LogP contribution in [0.4, 0.5) is 17.1 Å². The molecule has 11 aromatic rings. The number of hydrogen-bond donors (Lipinski definition) is 0.